The molecule has 2 aromatic heterocycles. The first-order valence-corrected chi connectivity index (χ1v) is 7.41. The number of aryl methyl sites for hydroxylation is 1. The average Bonchev–Trinajstić information content (AvgIpc) is 2.92. The number of aromatic nitrogens is 4. The highest BCUT2D eigenvalue weighted by molar-refractivity contribution is 5.81. The first-order chi connectivity index (χ1) is 10.6. The van der Waals surface area contributed by atoms with Crippen LogP contribution in [0.15, 0.2) is 6.33 Å². The van der Waals surface area contributed by atoms with Gasteiger partial charge in [0.05, 0.1) is 32.8 Å². The van der Waals surface area contributed by atoms with Crippen molar-refractivity contribution >= 4 is 17.0 Å². The van der Waals surface area contributed by atoms with E-state index in [4.69, 9.17) is 15.2 Å². The monoisotopic (exact) mass is 309 g/mol. The maximum absolute atomic E-state index is 9.82. The number of hydrogen-bond donors (Lipinski definition) is 2. The Labute approximate surface area is 129 Å². The number of ether oxygens (including phenoxy) is 2. The van der Waals surface area contributed by atoms with Gasteiger partial charge in [-0.25, -0.2) is 15.0 Å². The Morgan fingerprint density at radius 1 is 1.27 bits per heavy atom. The molecule has 0 saturated carbocycles. The van der Waals surface area contributed by atoms with Crippen LogP contribution in [0.5, 0.6) is 0 Å². The zero-order valence-corrected chi connectivity index (χ0v) is 13.0. The SMILES string of the molecule is C1COCCO1.CCCC(O)c1nc(N)c2ncn(C)c2n1. The van der Waals surface area contributed by atoms with Gasteiger partial charge in [0, 0.05) is 7.05 Å². The highest BCUT2D eigenvalue weighted by Gasteiger charge is 2.15. The number of nitrogens with two attached hydrogens (primary N) is 1. The largest absolute Gasteiger partial charge is 0.385 e. The molecule has 3 N–H and O–H groups in total. The zero-order valence-electron chi connectivity index (χ0n) is 13.0. The van der Waals surface area contributed by atoms with Gasteiger partial charge in [-0.05, 0) is 6.42 Å². The van der Waals surface area contributed by atoms with Crippen LogP contribution >= 0.6 is 0 Å². The van der Waals surface area contributed by atoms with Crippen LogP contribution in [-0.4, -0.2) is 51.1 Å². The summed E-state index contributed by atoms with van der Waals surface area (Å²) in [6, 6.07) is 0. The van der Waals surface area contributed by atoms with Crippen molar-refractivity contribution in [2.24, 2.45) is 7.05 Å². The standard InChI is InChI=1S/C10H15N5O.C4H8O2/c1-3-4-6(16)9-13-8(11)7-10(14-9)15(2)5-12-7;1-2-6-4-3-5-1/h5-6,16H,3-4H2,1-2H3,(H2,11,13,14);1-4H2. The second-order valence-electron chi connectivity index (χ2n) is 5.02. The van der Waals surface area contributed by atoms with Crippen molar-refractivity contribution in [3.05, 3.63) is 12.2 Å². The van der Waals surface area contributed by atoms with Gasteiger partial charge in [-0.15, -0.1) is 0 Å². The Kier molecular flexibility index (Phi) is 6.05. The number of anilines is 1. The molecular formula is C14H23N5O3. The second-order valence-corrected chi connectivity index (χ2v) is 5.02. The summed E-state index contributed by atoms with van der Waals surface area (Å²) in [6.07, 6.45) is 2.47. The van der Waals surface area contributed by atoms with Gasteiger partial charge in [0.1, 0.15) is 11.6 Å². The van der Waals surface area contributed by atoms with Crippen LogP contribution in [0.1, 0.15) is 31.7 Å². The number of aliphatic hydroxyl groups is 1. The van der Waals surface area contributed by atoms with E-state index < -0.39 is 6.10 Å². The highest BCUT2D eigenvalue weighted by Crippen LogP contribution is 2.20. The molecule has 2 aromatic rings. The minimum Gasteiger partial charge on any atom is -0.385 e. The van der Waals surface area contributed by atoms with Crippen LogP contribution in [0.4, 0.5) is 5.82 Å². The number of rotatable bonds is 3. The van der Waals surface area contributed by atoms with Gasteiger partial charge < -0.3 is 24.9 Å². The molecule has 1 aliphatic rings. The van der Waals surface area contributed by atoms with Crippen LogP contribution in [-0.2, 0) is 16.5 Å². The number of nitrogen functional groups attached to an aromatic ring is 1. The molecular weight excluding hydrogens is 286 g/mol. The first kappa shape index (κ1) is 16.6. The average molecular weight is 309 g/mol. The van der Waals surface area contributed by atoms with Crippen molar-refractivity contribution in [1.29, 1.82) is 0 Å². The van der Waals surface area contributed by atoms with Crippen LogP contribution in [0, 0.1) is 0 Å². The minimum absolute atomic E-state index is 0.316. The van der Waals surface area contributed by atoms with E-state index in [2.05, 4.69) is 15.0 Å². The Morgan fingerprint density at radius 3 is 2.45 bits per heavy atom. The summed E-state index contributed by atoms with van der Waals surface area (Å²) in [6.45, 7) is 5.11. The van der Waals surface area contributed by atoms with Crippen molar-refractivity contribution in [2.45, 2.75) is 25.9 Å². The third-order valence-corrected chi connectivity index (χ3v) is 3.21. The van der Waals surface area contributed by atoms with E-state index >= 15 is 0 Å². The summed E-state index contributed by atoms with van der Waals surface area (Å²) in [5.74, 6) is 0.686. The molecule has 8 nitrogen and oxygen atoms in total. The fraction of sp³-hybridized carbons (Fsp3) is 0.643. The topological polar surface area (TPSA) is 108 Å². The Morgan fingerprint density at radius 2 is 1.91 bits per heavy atom. The summed E-state index contributed by atoms with van der Waals surface area (Å²) in [5, 5.41) is 9.82. The van der Waals surface area contributed by atoms with Crippen molar-refractivity contribution in [1.82, 2.24) is 19.5 Å². The van der Waals surface area contributed by atoms with Gasteiger partial charge in [0.15, 0.2) is 17.3 Å². The predicted molar refractivity (Wildman–Crippen MR) is 82.2 cm³/mol. The van der Waals surface area contributed by atoms with Gasteiger partial charge >= 0.3 is 0 Å². The number of imidazole rings is 1. The molecule has 122 valence electrons. The molecule has 1 fully saturated rings. The summed E-state index contributed by atoms with van der Waals surface area (Å²) in [5.41, 5.74) is 7.00. The van der Waals surface area contributed by atoms with Gasteiger partial charge in [0.2, 0.25) is 0 Å². The fourth-order valence-electron chi connectivity index (χ4n) is 2.04. The van der Waals surface area contributed by atoms with E-state index in [1.54, 1.807) is 10.9 Å². The van der Waals surface area contributed by atoms with Crippen molar-refractivity contribution in [2.75, 3.05) is 32.2 Å². The quantitative estimate of drug-likeness (QED) is 0.863. The molecule has 0 aliphatic carbocycles. The van der Waals surface area contributed by atoms with E-state index in [1.807, 2.05) is 14.0 Å². The summed E-state index contributed by atoms with van der Waals surface area (Å²) >= 11 is 0. The molecule has 22 heavy (non-hydrogen) atoms. The normalized spacial score (nSPS) is 16.1. The molecule has 1 saturated heterocycles. The van der Waals surface area contributed by atoms with E-state index in [9.17, 15) is 5.11 Å². The third-order valence-electron chi connectivity index (χ3n) is 3.21. The van der Waals surface area contributed by atoms with Gasteiger partial charge in [-0.1, -0.05) is 13.3 Å². The Balaban J connectivity index is 0.000000246. The molecule has 0 aromatic carbocycles. The van der Waals surface area contributed by atoms with Crippen molar-refractivity contribution in [3.63, 3.8) is 0 Å². The van der Waals surface area contributed by atoms with E-state index in [0.29, 0.717) is 29.2 Å². The van der Waals surface area contributed by atoms with Crippen LogP contribution in [0.3, 0.4) is 0 Å². The molecule has 1 unspecified atom stereocenters. The summed E-state index contributed by atoms with van der Waals surface area (Å²) in [4.78, 5) is 12.4. The van der Waals surface area contributed by atoms with Crippen molar-refractivity contribution < 1.29 is 14.6 Å². The van der Waals surface area contributed by atoms with Gasteiger partial charge in [0.25, 0.3) is 0 Å². The Hall–Kier alpha value is -1.77. The lowest BCUT2D eigenvalue weighted by Crippen LogP contribution is -2.16. The highest BCUT2D eigenvalue weighted by atomic mass is 16.6. The lowest BCUT2D eigenvalue weighted by Gasteiger charge is -2.09. The minimum atomic E-state index is -0.661. The maximum Gasteiger partial charge on any atom is 0.165 e. The van der Waals surface area contributed by atoms with Crippen LogP contribution < -0.4 is 5.73 Å². The Bertz CT molecular complexity index is 586. The molecule has 3 rings (SSSR count). The van der Waals surface area contributed by atoms with Crippen LogP contribution in [0.2, 0.25) is 0 Å². The summed E-state index contributed by atoms with van der Waals surface area (Å²) < 4.78 is 11.6. The molecule has 0 bridgehead atoms. The molecule has 1 aliphatic heterocycles. The lowest BCUT2D eigenvalue weighted by atomic mass is 10.2. The zero-order chi connectivity index (χ0) is 15.9. The summed E-state index contributed by atoms with van der Waals surface area (Å²) in [7, 11) is 1.83. The third kappa shape index (κ3) is 4.12. The van der Waals surface area contributed by atoms with Gasteiger partial charge in [-0.2, -0.15) is 0 Å². The van der Waals surface area contributed by atoms with E-state index in [0.717, 1.165) is 32.8 Å². The first-order valence-electron chi connectivity index (χ1n) is 7.41. The molecule has 1 atom stereocenters. The molecule has 0 amide bonds. The molecule has 3 heterocycles. The molecule has 0 radical (unpaired) electrons. The smallest absolute Gasteiger partial charge is 0.165 e. The lowest BCUT2D eigenvalue weighted by molar-refractivity contribution is -0.0334. The number of aliphatic hydroxyl groups excluding tert-OH is 1. The fourth-order valence-corrected chi connectivity index (χ4v) is 2.04. The van der Waals surface area contributed by atoms with E-state index in [-0.39, 0.29) is 0 Å². The maximum atomic E-state index is 9.82. The van der Waals surface area contributed by atoms with Gasteiger partial charge in [-0.3, -0.25) is 0 Å². The van der Waals surface area contributed by atoms with Crippen molar-refractivity contribution in [3.8, 4) is 0 Å². The molecule has 8 heteroatoms. The number of nitrogens with zero attached hydrogens (tertiary/aromatic N) is 4. The number of hydrogen-bond acceptors (Lipinski definition) is 7. The second kappa shape index (κ2) is 8.02. The predicted octanol–water partition coefficient (Wildman–Crippen LogP) is 0.812. The number of fused-ring (bicyclic) bond motifs is 1. The molecule has 0 spiro atoms. The van der Waals surface area contributed by atoms with Crippen LogP contribution in [0.25, 0.3) is 11.2 Å². The van der Waals surface area contributed by atoms with E-state index in [1.165, 1.54) is 0 Å².